The highest BCUT2D eigenvalue weighted by Crippen LogP contribution is 2.52. The third-order valence-corrected chi connectivity index (χ3v) is 5.61. The molecule has 0 fully saturated rings. The quantitative estimate of drug-likeness (QED) is 0.601. The van der Waals surface area contributed by atoms with Crippen LogP contribution in [0.4, 0.5) is 0 Å². The maximum Gasteiger partial charge on any atom is 0.310 e. The number of aliphatic carboxylic acids is 1. The van der Waals surface area contributed by atoms with Crippen LogP contribution in [-0.4, -0.2) is 11.1 Å². The van der Waals surface area contributed by atoms with Gasteiger partial charge in [0.2, 0.25) is 0 Å². The summed E-state index contributed by atoms with van der Waals surface area (Å²) in [7, 11) is 0. The van der Waals surface area contributed by atoms with E-state index in [4.69, 9.17) is 0 Å². The Kier molecular flexibility index (Phi) is 8.54. The molecule has 4 N–H and O–H groups in total. The molecular formula is C20H35NO2. The fraction of sp³-hybridized carbons (Fsp3) is 0.650. The van der Waals surface area contributed by atoms with E-state index < -0.39 is 11.4 Å². The summed E-state index contributed by atoms with van der Waals surface area (Å²) in [5, 5.41) is 10.1. The van der Waals surface area contributed by atoms with Crippen LogP contribution in [-0.2, 0) is 10.2 Å². The Bertz CT molecular complexity index is 466. The third-order valence-electron chi connectivity index (χ3n) is 5.61. The molecule has 0 spiro atoms. The summed E-state index contributed by atoms with van der Waals surface area (Å²) >= 11 is 0. The Morgan fingerprint density at radius 3 is 1.91 bits per heavy atom. The lowest BCUT2D eigenvalue weighted by Crippen LogP contribution is -2.50. The fourth-order valence-corrected chi connectivity index (χ4v) is 4.11. The Morgan fingerprint density at radius 2 is 1.57 bits per heavy atom. The zero-order valence-corrected chi connectivity index (χ0v) is 15.6. The largest absolute Gasteiger partial charge is 0.481 e. The first kappa shape index (κ1) is 21.6. The minimum Gasteiger partial charge on any atom is -0.481 e. The summed E-state index contributed by atoms with van der Waals surface area (Å²) in [6, 6.07) is 10.3. The van der Waals surface area contributed by atoms with Gasteiger partial charge < -0.3 is 11.3 Å². The molecule has 1 unspecified atom stereocenters. The zero-order valence-electron chi connectivity index (χ0n) is 15.6. The monoisotopic (exact) mass is 321 g/mol. The molecule has 1 aromatic carbocycles. The van der Waals surface area contributed by atoms with Gasteiger partial charge in [-0.2, -0.15) is 0 Å². The van der Waals surface area contributed by atoms with E-state index in [1.54, 1.807) is 0 Å². The van der Waals surface area contributed by atoms with Gasteiger partial charge in [-0.3, -0.25) is 4.79 Å². The Hall–Kier alpha value is -1.35. The van der Waals surface area contributed by atoms with Crippen molar-refractivity contribution in [1.29, 1.82) is 0 Å². The van der Waals surface area contributed by atoms with Crippen LogP contribution in [0.5, 0.6) is 0 Å². The van der Waals surface area contributed by atoms with Crippen LogP contribution in [0, 0.1) is 11.3 Å². The van der Waals surface area contributed by atoms with Crippen molar-refractivity contribution in [3.8, 4) is 0 Å². The SMILES string of the molecule is CCC(CC)(C(=O)O)C(CC)(CCC(C)C)c1ccccc1.N. The highest BCUT2D eigenvalue weighted by molar-refractivity contribution is 5.77. The van der Waals surface area contributed by atoms with Gasteiger partial charge in [-0.25, -0.2) is 0 Å². The van der Waals surface area contributed by atoms with Crippen molar-refractivity contribution in [2.24, 2.45) is 11.3 Å². The van der Waals surface area contributed by atoms with Crippen LogP contribution in [0.3, 0.4) is 0 Å². The predicted molar refractivity (Wildman–Crippen MR) is 98.2 cm³/mol. The molecule has 1 atom stereocenters. The number of carbonyl (C=O) groups is 1. The fourth-order valence-electron chi connectivity index (χ4n) is 4.11. The van der Waals surface area contributed by atoms with Gasteiger partial charge in [0.25, 0.3) is 0 Å². The van der Waals surface area contributed by atoms with Crippen molar-refractivity contribution in [1.82, 2.24) is 6.15 Å². The first-order chi connectivity index (χ1) is 10.4. The molecule has 0 radical (unpaired) electrons. The van der Waals surface area contributed by atoms with E-state index in [0.717, 1.165) is 19.3 Å². The molecule has 0 heterocycles. The maximum absolute atomic E-state index is 12.3. The van der Waals surface area contributed by atoms with Crippen molar-refractivity contribution in [2.45, 2.75) is 72.1 Å². The minimum absolute atomic E-state index is 0. The molecule has 23 heavy (non-hydrogen) atoms. The molecule has 0 saturated heterocycles. The molecule has 0 aliphatic rings. The second kappa shape index (κ2) is 9.07. The van der Waals surface area contributed by atoms with Gasteiger partial charge in [0, 0.05) is 5.41 Å². The van der Waals surface area contributed by atoms with E-state index >= 15 is 0 Å². The van der Waals surface area contributed by atoms with Crippen LogP contribution in [0.15, 0.2) is 30.3 Å². The van der Waals surface area contributed by atoms with Crippen molar-refractivity contribution < 1.29 is 9.90 Å². The van der Waals surface area contributed by atoms with E-state index in [2.05, 4.69) is 32.9 Å². The molecule has 132 valence electrons. The molecule has 3 heteroatoms. The summed E-state index contributed by atoms with van der Waals surface area (Å²) in [6.45, 7) is 10.6. The van der Waals surface area contributed by atoms with Crippen LogP contribution < -0.4 is 6.15 Å². The number of hydrogen-bond acceptors (Lipinski definition) is 2. The van der Waals surface area contributed by atoms with Gasteiger partial charge in [-0.05, 0) is 37.2 Å². The highest BCUT2D eigenvalue weighted by Gasteiger charge is 2.53. The topological polar surface area (TPSA) is 72.3 Å². The summed E-state index contributed by atoms with van der Waals surface area (Å²) in [5.74, 6) is -0.0678. The molecule has 1 aromatic rings. The first-order valence-electron chi connectivity index (χ1n) is 8.69. The molecule has 3 nitrogen and oxygen atoms in total. The zero-order chi connectivity index (χ0) is 16.8. The molecule has 0 aliphatic carbocycles. The Morgan fingerprint density at radius 1 is 1.04 bits per heavy atom. The molecular weight excluding hydrogens is 286 g/mol. The number of hydrogen-bond donors (Lipinski definition) is 2. The minimum atomic E-state index is -0.696. The second-order valence-corrected chi connectivity index (χ2v) is 6.83. The standard InChI is InChI=1S/C20H32O2.H3N/c1-6-19(7-2,18(21)22)20(8-3,15-14-16(4)5)17-12-10-9-11-13-17;/h9-13,16H,6-8,14-15H2,1-5H3,(H,21,22);1H3. The van der Waals surface area contributed by atoms with Gasteiger partial charge in [-0.15, -0.1) is 0 Å². The average molecular weight is 322 g/mol. The number of carboxylic acid groups (broad SMARTS) is 1. The van der Waals surface area contributed by atoms with E-state index in [1.807, 2.05) is 32.0 Å². The average Bonchev–Trinajstić information content (AvgIpc) is 2.52. The van der Waals surface area contributed by atoms with Crippen molar-refractivity contribution >= 4 is 5.97 Å². The van der Waals surface area contributed by atoms with E-state index in [9.17, 15) is 9.90 Å². The van der Waals surface area contributed by atoms with E-state index in [0.29, 0.717) is 18.8 Å². The van der Waals surface area contributed by atoms with E-state index in [1.165, 1.54) is 5.56 Å². The second-order valence-electron chi connectivity index (χ2n) is 6.83. The van der Waals surface area contributed by atoms with Crippen LogP contribution in [0.25, 0.3) is 0 Å². The smallest absolute Gasteiger partial charge is 0.310 e. The molecule has 0 aliphatic heterocycles. The summed E-state index contributed by atoms with van der Waals surface area (Å²) < 4.78 is 0. The van der Waals surface area contributed by atoms with Crippen LogP contribution in [0.1, 0.15) is 72.3 Å². The molecule has 0 aromatic heterocycles. The summed E-state index contributed by atoms with van der Waals surface area (Å²) in [6.07, 6.45) is 4.17. The lowest BCUT2D eigenvalue weighted by atomic mass is 9.54. The van der Waals surface area contributed by atoms with Gasteiger partial charge in [0.05, 0.1) is 5.41 Å². The number of rotatable bonds is 9. The number of carboxylic acids is 1. The lowest BCUT2D eigenvalue weighted by molar-refractivity contribution is -0.156. The predicted octanol–water partition coefficient (Wildman–Crippen LogP) is 5.82. The first-order valence-corrected chi connectivity index (χ1v) is 8.69. The van der Waals surface area contributed by atoms with Crippen LogP contribution >= 0.6 is 0 Å². The Labute approximate surface area is 142 Å². The van der Waals surface area contributed by atoms with Crippen molar-refractivity contribution in [3.05, 3.63) is 35.9 Å². The van der Waals surface area contributed by atoms with Gasteiger partial charge in [-0.1, -0.05) is 71.4 Å². The highest BCUT2D eigenvalue weighted by atomic mass is 16.4. The molecule has 0 saturated carbocycles. The third kappa shape index (κ3) is 3.95. The van der Waals surface area contributed by atoms with Crippen LogP contribution in [0.2, 0.25) is 0 Å². The molecule has 0 bridgehead atoms. The van der Waals surface area contributed by atoms with Gasteiger partial charge in [0.1, 0.15) is 0 Å². The van der Waals surface area contributed by atoms with Gasteiger partial charge >= 0.3 is 5.97 Å². The van der Waals surface area contributed by atoms with Crippen molar-refractivity contribution in [2.75, 3.05) is 0 Å². The summed E-state index contributed by atoms with van der Waals surface area (Å²) in [4.78, 5) is 12.3. The number of benzene rings is 1. The Balaban J connectivity index is 0.00000484. The maximum atomic E-state index is 12.3. The molecule has 1 rings (SSSR count). The van der Waals surface area contributed by atoms with Crippen molar-refractivity contribution in [3.63, 3.8) is 0 Å². The summed E-state index contributed by atoms with van der Waals surface area (Å²) in [5.41, 5.74) is 0.190. The normalized spacial score (nSPS) is 14.2. The molecule has 0 amide bonds. The van der Waals surface area contributed by atoms with Gasteiger partial charge in [0.15, 0.2) is 0 Å². The lowest BCUT2D eigenvalue weighted by Gasteiger charge is -2.48. The van der Waals surface area contributed by atoms with E-state index in [-0.39, 0.29) is 11.6 Å².